The Morgan fingerprint density at radius 1 is 0.933 bits per heavy atom. The van der Waals surface area contributed by atoms with Gasteiger partial charge in [0, 0.05) is 28.5 Å². The number of ether oxygens (including phenoxy) is 3. The summed E-state index contributed by atoms with van der Waals surface area (Å²) in [5, 5.41) is 38.0. The van der Waals surface area contributed by atoms with Crippen molar-refractivity contribution in [1.82, 2.24) is 10.1 Å². The number of hydrogen-bond donors (Lipinski definition) is 3. The summed E-state index contributed by atoms with van der Waals surface area (Å²) < 4.78 is 32.5. The highest BCUT2D eigenvalue weighted by Crippen LogP contribution is 2.60. The van der Waals surface area contributed by atoms with Gasteiger partial charge in [0.25, 0.3) is 5.88 Å². The molecule has 3 N–H and O–H groups in total. The minimum absolute atomic E-state index is 0.00970. The van der Waals surface area contributed by atoms with Crippen LogP contribution in [0.3, 0.4) is 0 Å². The molecule has 0 bridgehead atoms. The van der Waals surface area contributed by atoms with Crippen LogP contribution < -0.4 is 14.2 Å². The van der Waals surface area contributed by atoms with Crippen LogP contribution in [0.15, 0.2) is 82.6 Å². The van der Waals surface area contributed by atoms with Crippen molar-refractivity contribution in [2.24, 2.45) is 11.8 Å². The second-order valence-electron chi connectivity index (χ2n) is 18.3. The van der Waals surface area contributed by atoms with Gasteiger partial charge in [0.2, 0.25) is 5.78 Å². The zero-order valence-electron chi connectivity index (χ0n) is 36.1. The Morgan fingerprint density at radius 2 is 1.53 bits per heavy atom. The number of hydrogen-bond acceptors (Lipinski definition) is 12. The number of fused-ring (bicyclic) bond motifs is 4. The molecule has 0 fully saturated rings. The summed E-state index contributed by atoms with van der Waals surface area (Å²) in [5.74, 6) is -2.62. The molecule has 3 aliphatic carbocycles. The van der Waals surface area contributed by atoms with Gasteiger partial charge < -0.3 is 38.5 Å². The lowest BCUT2D eigenvalue weighted by molar-refractivity contribution is -0.0481. The third-order valence-corrected chi connectivity index (χ3v) is 17.2. The Morgan fingerprint density at radius 3 is 2.08 bits per heavy atom. The summed E-state index contributed by atoms with van der Waals surface area (Å²) in [6.45, 7) is 13.5. The van der Waals surface area contributed by atoms with Gasteiger partial charge in [0.05, 0.1) is 30.9 Å². The van der Waals surface area contributed by atoms with E-state index in [0.717, 1.165) is 11.1 Å². The van der Waals surface area contributed by atoms with E-state index in [-0.39, 0.29) is 73.7 Å². The largest absolute Gasteiger partial charge is 0.508 e. The van der Waals surface area contributed by atoms with Crippen molar-refractivity contribution in [2.45, 2.75) is 102 Å². The third kappa shape index (κ3) is 7.48. The number of allylic oxidation sites excluding steroid dienone is 1. The number of carbonyl (C=O) groups excluding carboxylic acids is 2. The highest BCUT2D eigenvalue weighted by molar-refractivity contribution is 6.74. The molecule has 0 saturated carbocycles. The molecule has 13 heteroatoms. The summed E-state index contributed by atoms with van der Waals surface area (Å²) in [6, 6.07) is 20.1. The topological polar surface area (TPSA) is 161 Å². The first-order chi connectivity index (χ1) is 28.4. The Balaban J connectivity index is 1.46. The molecule has 3 aliphatic rings. The van der Waals surface area contributed by atoms with E-state index in [4.69, 9.17) is 23.2 Å². The minimum Gasteiger partial charge on any atom is -0.508 e. The van der Waals surface area contributed by atoms with Crippen LogP contribution in [-0.4, -0.2) is 84.3 Å². The van der Waals surface area contributed by atoms with Crippen LogP contribution in [0.25, 0.3) is 0 Å². The first kappa shape index (κ1) is 43.3. The second kappa shape index (κ2) is 16.6. The number of Topliss-reactive ketones (excluding diaryl/α,β-unsaturated/α-hetero) is 2. The lowest BCUT2D eigenvalue weighted by Crippen LogP contribution is -2.65. The lowest BCUT2D eigenvalue weighted by atomic mass is 9.58. The molecule has 320 valence electrons. The minimum atomic E-state index is -2.94. The zero-order valence-corrected chi connectivity index (χ0v) is 37.1. The molecule has 0 spiro atoms. The van der Waals surface area contributed by atoms with Crippen molar-refractivity contribution >= 4 is 19.9 Å². The van der Waals surface area contributed by atoms with E-state index >= 15 is 9.59 Å². The summed E-state index contributed by atoms with van der Waals surface area (Å²) in [5.41, 5.74) is 1.16. The van der Waals surface area contributed by atoms with E-state index in [1.54, 1.807) is 6.07 Å². The van der Waals surface area contributed by atoms with Gasteiger partial charge in [-0.05, 0) is 87.2 Å². The second-order valence-corrected chi connectivity index (χ2v) is 23.0. The van der Waals surface area contributed by atoms with Crippen molar-refractivity contribution in [1.29, 1.82) is 0 Å². The molecular formula is C47H58N2O10Si. The van der Waals surface area contributed by atoms with Crippen LogP contribution in [0.2, 0.25) is 18.1 Å². The van der Waals surface area contributed by atoms with Gasteiger partial charge in [0.1, 0.15) is 36.0 Å². The number of aliphatic hydroxyl groups excluding tert-OH is 3. The van der Waals surface area contributed by atoms with E-state index in [1.165, 1.54) is 0 Å². The van der Waals surface area contributed by atoms with Crippen LogP contribution in [-0.2, 0) is 24.1 Å². The first-order valence-corrected chi connectivity index (χ1v) is 23.7. The zero-order chi connectivity index (χ0) is 43.3. The fourth-order valence-electron chi connectivity index (χ4n) is 8.80. The molecule has 0 unspecified atom stereocenters. The Hall–Kier alpha value is -4.79. The van der Waals surface area contributed by atoms with Crippen molar-refractivity contribution < 1.29 is 48.1 Å². The Kier molecular flexibility index (Phi) is 12.0. The lowest BCUT2D eigenvalue weighted by Gasteiger charge is -2.55. The van der Waals surface area contributed by atoms with Gasteiger partial charge in [-0.15, -0.1) is 0 Å². The van der Waals surface area contributed by atoms with Crippen molar-refractivity contribution in [2.75, 3.05) is 27.3 Å². The average Bonchev–Trinajstić information content (AvgIpc) is 3.62. The van der Waals surface area contributed by atoms with Gasteiger partial charge in [-0.1, -0.05) is 81.4 Å². The van der Waals surface area contributed by atoms with Crippen LogP contribution in [0.1, 0.15) is 102 Å². The van der Waals surface area contributed by atoms with E-state index in [2.05, 4.69) is 25.9 Å². The molecule has 0 aliphatic heterocycles. The van der Waals surface area contributed by atoms with Gasteiger partial charge in [-0.3, -0.25) is 14.5 Å². The summed E-state index contributed by atoms with van der Waals surface area (Å²) in [4.78, 5) is 33.1. The SMILES string of the molecule is CC(C)Oc1c(C(CO)CO)cc(OCc2ccccc2)c2c1C[C@H]1C[C@H]3[C@H](N(C)C)c4onc(OCc5ccccc5)c4C(=O)[C@@]3(O[Si](C)(C)C(C)(C)C)C(O)=C1C2=O. The molecule has 4 aromatic rings. The van der Waals surface area contributed by atoms with Crippen molar-refractivity contribution in [3.8, 4) is 17.4 Å². The molecular weight excluding hydrogens is 781 g/mol. The number of aromatic nitrogens is 1. The van der Waals surface area contributed by atoms with E-state index in [9.17, 15) is 15.3 Å². The smallest absolute Gasteiger partial charge is 0.265 e. The Labute approximate surface area is 353 Å². The molecule has 1 heterocycles. The third-order valence-electron chi connectivity index (χ3n) is 12.7. The number of benzene rings is 3. The average molecular weight is 839 g/mol. The van der Waals surface area contributed by atoms with Gasteiger partial charge in [0.15, 0.2) is 25.5 Å². The predicted octanol–water partition coefficient (Wildman–Crippen LogP) is 8.13. The van der Waals surface area contributed by atoms with Crippen molar-refractivity contribution in [3.05, 3.63) is 117 Å². The van der Waals surface area contributed by atoms with Crippen LogP contribution in [0, 0.1) is 11.8 Å². The Bertz CT molecular complexity index is 2260. The van der Waals surface area contributed by atoms with Gasteiger partial charge in [-0.25, -0.2) is 0 Å². The number of aliphatic hydroxyl groups is 3. The number of rotatable bonds is 14. The summed E-state index contributed by atoms with van der Waals surface area (Å²) in [6.07, 6.45) is 0.164. The maximum absolute atomic E-state index is 15.7. The first-order valence-electron chi connectivity index (χ1n) is 20.8. The van der Waals surface area contributed by atoms with Crippen LogP contribution >= 0.6 is 0 Å². The molecule has 0 radical (unpaired) electrons. The normalized spacial score (nSPS) is 21.5. The highest BCUT2D eigenvalue weighted by Gasteiger charge is 2.67. The highest BCUT2D eigenvalue weighted by atomic mass is 28.4. The predicted molar refractivity (Wildman–Crippen MR) is 228 cm³/mol. The molecule has 0 amide bonds. The van der Waals surface area contributed by atoms with E-state index in [1.807, 2.05) is 107 Å². The molecule has 60 heavy (non-hydrogen) atoms. The molecule has 4 atom stereocenters. The fraction of sp³-hybridized carbons (Fsp3) is 0.468. The summed E-state index contributed by atoms with van der Waals surface area (Å²) in [7, 11) is 0.821. The number of ketones is 2. The quantitative estimate of drug-likeness (QED) is 0.105. The number of nitrogens with zero attached hydrogens (tertiary/aromatic N) is 2. The monoisotopic (exact) mass is 838 g/mol. The van der Waals surface area contributed by atoms with Crippen LogP contribution in [0.4, 0.5) is 0 Å². The molecule has 7 rings (SSSR count). The van der Waals surface area contributed by atoms with Crippen LogP contribution in [0.5, 0.6) is 17.4 Å². The maximum atomic E-state index is 15.7. The molecule has 12 nitrogen and oxygen atoms in total. The van der Waals surface area contributed by atoms with Gasteiger partial charge >= 0.3 is 0 Å². The summed E-state index contributed by atoms with van der Waals surface area (Å²) >= 11 is 0. The number of carbonyl (C=O) groups is 2. The van der Waals surface area contributed by atoms with E-state index in [0.29, 0.717) is 22.6 Å². The molecule has 3 aromatic carbocycles. The maximum Gasteiger partial charge on any atom is 0.265 e. The van der Waals surface area contributed by atoms with Crippen molar-refractivity contribution in [3.63, 3.8) is 0 Å². The fourth-order valence-corrected chi connectivity index (χ4v) is 10.3. The standard InChI is InChI=1S/C47H58N2O10Si/c1-27(2)57-41-32(31(23-50)24-51)22-35(55-25-28-16-12-10-13-17-28)37-33(41)20-30-21-34-39(49(6)7)42-38(45(48-58-42)56-26-29-18-14-11-15-19-29)44(54)47(34,43(53)36(30)40(37)52)59-60(8,9)46(3,4)5/h10-19,22,27,30-31,34,39,50-51,53H,20-21,23-26H2,1-9H3/t30-,34-,39-,47-/m0/s1. The van der Waals surface area contributed by atoms with Gasteiger partial charge in [-0.2, -0.15) is 0 Å². The molecule has 1 aromatic heterocycles. The molecule has 0 saturated heterocycles. The van der Waals surface area contributed by atoms with E-state index < -0.39 is 60.1 Å².